The van der Waals surface area contributed by atoms with Crippen LogP contribution in [0.5, 0.6) is 0 Å². The normalized spacial score (nSPS) is 17.7. The molecule has 0 radical (unpaired) electrons. The highest BCUT2D eigenvalue weighted by Gasteiger charge is 2.21. The first kappa shape index (κ1) is 14.1. The molecule has 0 N–H and O–H groups in total. The number of ether oxygens (including phenoxy) is 2. The highest BCUT2D eigenvalue weighted by Crippen LogP contribution is 2.22. The lowest BCUT2D eigenvalue weighted by atomic mass is 10.1. The highest BCUT2D eigenvalue weighted by atomic mass is 16.5. The maximum atomic E-state index is 11.9. The zero-order valence-electron chi connectivity index (χ0n) is 12.5. The van der Waals surface area contributed by atoms with E-state index in [1.807, 2.05) is 19.1 Å². The van der Waals surface area contributed by atoms with Crippen molar-refractivity contribution in [2.45, 2.75) is 39.3 Å². The second kappa shape index (κ2) is 5.85. The van der Waals surface area contributed by atoms with Crippen LogP contribution in [0.3, 0.4) is 0 Å². The molecule has 0 saturated carbocycles. The van der Waals surface area contributed by atoms with E-state index in [1.165, 1.54) is 0 Å². The molecular formula is C16H20N2O3. The van der Waals surface area contributed by atoms with Crippen LogP contribution in [0.2, 0.25) is 0 Å². The van der Waals surface area contributed by atoms with Crippen LogP contribution in [0.4, 0.5) is 0 Å². The second-order valence-electron chi connectivity index (χ2n) is 5.20. The molecule has 2 aromatic rings. The van der Waals surface area contributed by atoms with Gasteiger partial charge in [-0.25, -0.2) is 9.78 Å². The Morgan fingerprint density at radius 1 is 1.48 bits per heavy atom. The summed E-state index contributed by atoms with van der Waals surface area (Å²) in [6.45, 7) is 5.92. The number of carbonyl (C=O) groups is 1. The number of hydrogen-bond donors (Lipinski definition) is 0. The number of fused-ring (bicyclic) bond motifs is 1. The molecule has 5 nitrogen and oxygen atoms in total. The second-order valence-corrected chi connectivity index (χ2v) is 5.20. The molecule has 1 aromatic carbocycles. The van der Waals surface area contributed by atoms with Gasteiger partial charge in [0.25, 0.3) is 0 Å². The summed E-state index contributed by atoms with van der Waals surface area (Å²) in [6, 6.07) is 5.54. The summed E-state index contributed by atoms with van der Waals surface area (Å²) in [5.41, 5.74) is 2.47. The molecule has 1 saturated heterocycles. The minimum absolute atomic E-state index is 0.263. The van der Waals surface area contributed by atoms with Crippen LogP contribution in [0.1, 0.15) is 36.5 Å². The summed E-state index contributed by atoms with van der Waals surface area (Å²) in [6.07, 6.45) is 2.20. The number of hydrogen-bond acceptors (Lipinski definition) is 4. The van der Waals surface area contributed by atoms with E-state index in [4.69, 9.17) is 9.47 Å². The Hall–Kier alpha value is -1.88. The molecule has 2 heterocycles. The third-order valence-electron chi connectivity index (χ3n) is 3.83. The van der Waals surface area contributed by atoms with E-state index in [0.717, 1.165) is 42.9 Å². The molecule has 0 spiro atoms. The van der Waals surface area contributed by atoms with E-state index in [2.05, 4.69) is 16.5 Å². The topological polar surface area (TPSA) is 53.3 Å². The molecular weight excluding hydrogens is 268 g/mol. The highest BCUT2D eigenvalue weighted by molar-refractivity contribution is 5.93. The molecule has 112 valence electrons. The zero-order valence-corrected chi connectivity index (χ0v) is 12.5. The fourth-order valence-electron chi connectivity index (χ4n) is 2.62. The van der Waals surface area contributed by atoms with E-state index in [9.17, 15) is 4.79 Å². The van der Waals surface area contributed by atoms with Gasteiger partial charge in [-0.3, -0.25) is 0 Å². The number of benzene rings is 1. The van der Waals surface area contributed by atoms with Crippen molar-refractivity contribution in [2.24, 2.45) is 0 Å². The maximum absolute atomic E-state index is 11.9. The van der Waals surface area contributed by atoms with Gasteiger partial charge in [0.05, 0.1) is 35.9 Å². The van der Waals surface area contributed by atoms with Crippen molar-refractivity contribution in [1.29, 1.82) is 0 Å². The number of rotatable bonds is 5. The van der Waals surface area contributed by atoms with Gasteiger partial charge in [-0.1, -0.05) is 6.92 Å². The number of aromatic nitrogens is 2. The van der Waals surface area contributed by atoms with Crippen molar-refractivity contribution >= 4 is 17.0 Å². The summed E-state index contributed by atoms with van der Waals surface area (Å²) in [4.78, 5) is 16.5. The van der Waals surface area contributed by atoms with Gasteiger partial charge in [0, 0.05) is 13.0 Å². The molecule has 1 fully saturated rings. The van der Waals surface area contributed by atoms with Gasteiger partial charge >= 0.3 is 5.97 Å². The number of imidazole rings is 1. The smallest absolute Gasteiger partial charge is 0.338 e. The molecule has 1 atom stereocenters. The van der Waals surface area contributed by atoms with Crippen LogP contribution in [0.15, 0.2) is 18.2 Å². The molecule has 0 aliphatic carbocycles. The Kier molecular flexibility index (Phi) is 3.92. The minimum atomic E-state index is -0.287. The van der Waals surface area contributed by atoms with Crippen LogP contribution in [-0.4, -0.2) is 34.8 Å². The average Bonchev–Trinajstić information content (AvgIpc) is 2.80. The molecule has 1 unspecified atom stereocenters. The summed E-state index contributed by atoms with van der Waals surface area (Å²) < 4.78 is 12.8. The lowest BCUT2D eigenvalue weighted by Crippen LogP contribution is -2.31. The van der Waals surface area contributed by atoms with E-state index >= 15 is 0 Å². The first-order chi connectivity index (χ1) is 10.2. The van der Waals surface area contributed by atoms with E-state index in [1.54, 1.807) is 6.07 Å². The molecule has 0 amide bonds. The van der Waals surface area contributed by atoms with E-state index in [-0.39, 0.29) is 12.1 Å². The van der Waals surface area contributed by atoms with Gasteiger partial charge < -0.3 is 14.0 Å². The van der Waals surface area contributed by atoms with Crippen molar-refractivity contribution in [3.05, 3.63) is 29.6 Å². The first-order valence-corrected chi connectivity index (χ1v) is 7.50. The Labute approximate surface area is 123 Å². The molecule has 1 aliphatic heterocycles. The Morgan fingerprint density at radius 2 is 2.29 bits per heavy atom. The number of carbonyl (C=O) groups excluding carboxylic acids is 1. The van der Waals surface area contributed by atoms with Crippen LogP contribution in [0.25, 0.3) is 11.0 Å². The minimum Gasteiger partial charge on any atom is -0.462 e. The van der Waals surface area contributed by atoms with Gasteiger partial charge in [0.1, 0.15) is 5.82 Å². The Bertz CT molecular complexity index is 659. The average molecular weight is 288 g/mol. The van der Waals surface area contributed by atoms with E-state index in [0.29, 0.717) is 12.2 Å². The largest absolute Gasteiger partial charge is 0.462 e. The van der Waals surface area contributed by atoms with Gasteiger partial charge in [0.15, 0.2) is 0 Å². The zero-order chi connectivity index (χ0) is 14.8. The molecule has 5 heteroatoms. The lowest BCUT2D eigenvalue weighted by Gasteiger charge is -2.27. The molecule has 3 rings (SSSR count). The van der Waals surface area contributed by atoms with Crippen molar-refractivity contribution in [3.63, 3.8) is 0 Å². The number of esters is 1. The quantitative estimate of drug-likeness (QED) is 0.793. The summed E-state index contributed by atoms with van der Waals surface area (Å²) >= 11 is 0. The predicted octanol–water partition coefficient (Wildman–Crippen LogP) is 2.56. The van der Waals surface area contributed by atoms with Crippen molar-refractivity contribution in [2.75, 3.05) is 13.2 Å². The third-order valence-corrected chi connectivity index (χ3v) is 3.83. The monoisotopic (exact) mass is 288 g/mol. The van der Waals surface area contributed by atoms with Crippen molar-refractivity contribution in [1.82, 2.24) is 9.55 Å². The SMILES string of the molecule is CCOC(=O)c1ccc2nc(CC)n(CC3CCO3)c2c1. The third kappa shape index (κ3) is 2.65. The fraction of sp³-hybridized carbons (Fsp3) is 0.500. The Balaban J connectivity index is 2.00. The predicted molar refractivity (Wildman–Crippen MR) is 79.4 cm³/mol. The molecule has 0 bridgehead atoms. The van der Waals surface area contributed by atoms with Gasteiger partial charge in [0.2, 0.25) is 0 Å². The molecule has 1 aromatic heterocycles. The van der Waals surface area contributed by atoms with Crippen molar-refractivity contribution < 1.29 is 14.3 Å². The van der Waals surface area contributed by atoms with Crippen molar-refractivity contribution in [3.8, 4) is 0 Å². The van der Waals surface area contributed by atoms with Crippen LogP contribution < -0.4 is 0 Å². The van der Waals surface area contributed by atoms with Gasteiger partial charge in [-0.15, -0.1) is 0 Å². The van der Waals surface area contributed by atoms with E-state index < -0.39 is 0 Å². The van der Waals surface area contributed by atoms with Crippen LogP contribution in [0, 0.1) is 0 Å². The molecule has 1 aliphatic rings. The standard InChI is InChI=1S/C16H20N2O3/c1-3-15-17-13-6-5-11(16(19)20-4-2)9-14(13)18(15)10-12-7-8-21-12/h5-6,9,12H,3-4,7-8,10H2,1-2H3. The van der Waals surface area contributed by atoms with Gasteiger partial charge in [-0.2, -0.15) is 0 Å². The first-order valence-electron chi connectivity index (χ1n) is 7.50. The summed E-state index contributed by atoms with van der Waals surface area (Å²) in [5.74, 6) is 0.742. The lowest BCUT2D eigenvalue weighted by molar-refractivity contribution is -0.0589. The summed E-state index contributed by atoms with van der Waals surface area (Å²) in [5, 5.41) is 0. The maximum Gasteiger partial charge on any atom is 0.338 e. The van der Waals surface area contributed by atoms with Gasteiger partial charge in [-0.05, 0) is 31.5 Å². The van der Waals surface area contributed by atoms with Crippen LogP contribution >= 0.6 is 0 Å². The number of nitrogens with zero attached hydrogens (tertiary/aromatic N) is 2. The van der Waals surface area contributed by atoms with Crippen LogP contribution in [-0.2, 0) is 22.4 Å². The summed E-state index contributed by atoms with van der Waals surface area (Å²) in [7, 11) is 0. The fourth-order valence-corrected chi connectivity index (χ4v) is 2.62. The molecule has 21 heavy (non-hydrogen) atoms. The Morgan fingerprint density at radius 3 is 2.90 bits per heavy atom. The number of aryl methyl sites for hydroxylation is 1.